The van der Waals surface area contributed by atoms with Gasteiger partial charge in [-0.05, 0) is 43.4 Å². The molecule has 2 nitrogen and oxygen atoms in total. The maximum absolute atomic E-state index is 11.5. The average molecular weight is 295 g/mol. The molecule has 2 heteroatoms. The van der Waals surface area contributed by atoms with Crippen LogP contribution < -0.4 is 0 Å². The zero-order valence-corrected chi connectivity index (χ0v) is 13.3. The first-order chi connectivity index (χ1) is 10.7. The maximum atomic E-state index is 11.5. The first-order valence-corrected chi connectivity index (χ1v) is 8.38. The number of aromatic nitrogens is 1. The fourth-order valence-corrected chi connectivity index (χ4v) is 3.92. The number of pyridine rings is 1. The van der Waals surface area contributed by atoms with Crippen LogP contribution in [0.1, 0.15) is 56.2 Å². The maximum Gasteiger partial charge on any atom is 0.0771 e. The van der Waals surface area contributed by atoms with E-state index in [1.807, 2.05) is 49.5 Å². The zero-order chi connectivity index (χ0) is 15.4. The van der Waals surface area contributed by atoms with Crippen LogP contribution in [0, 0.1) is 5.92 Å². The molecule has 1 fully saturated rings. The Morgan fingerprint density at radius 1 is 1.00 bits per heavy atom. The predicted octanol–water partition coefficient (Wildman–Crippen LogP) is 4.54. The third kappa shape index (κ3) is 3.07. The van der Waals surface area contributed by atoms with E-state index in [9.17, 15) is 5.11 Å². The van der Waals surface area contributed by atoms with Crippen LogP contribution in [0.3, 0.4) is 0 Å². The molecule has 1 aliphatic carbocycles. The Balaban J connectivity index is 2.01. The van der Waals surface area contributed by atoms with Gasteiger partial charge >= 0.3 is 0 Å². The largest absolute Gasteiger partial charge is 0.389 e. The molecule has 1 aliphatic rings. The van der Waals surface area contributed by atoms with E-state index in [-0.39, 0.29) is 5.92 Å². The highest BCUT2D eigenvalue weighted by Crippen LogP contribution is 2.43. The highest BCUT2D eigenvalue weighted by Gasteiger charge is 2.42. The topological polar surface area (TPSA) is 33.1 Å². The molecule has 3 rings (SSSR count). The van der Waals surface area contributed by atoms with Gasteiger partial charge in [-0.25, -0.2) is 0 Å². The van der Waals surface area contributed by atoms with Gasteiger partial charge in [-0.1, -0.05) is 55.7 Å². The molecule has 0 radical (unpaired) electrons. The quantitative estimate of drug-likeness (QED) is 0.898. The lowest BCUT2D eigenvalue weighted by atomic mass is 9.68. The molecule has 2 aromatic rings. The summed E-state index contributed by atoms with van der Waals surface area (Å²) in [4.78, 5) is 4.56. The fraction of sp³-hybridized carbons (Fsp3) is 0.450. The van der Waals surface area contributed by atoms with Crippen LogP contribution in [-0.2, 0) is 0 Å². The summed E-state index contributed by atoms with van der Waals surface area (Å²) in [6.07, 6.45) is 7.80. The third-order valence-electron chi connectivity index (χ3n) is 5.13. The van der Waals surface area contributed by atoms with Crippen molar-refractivity contribution in [3.63, 3.8) is 0 Å². The summed E-state index contributed by atoms with van der Waals surface area (Å²) in [5, 5.41) is 11.5. The smallest absolute Gasteiger partial charge is 0.0771 e. The van der Waals surface area contributed by atoms with E-state index in [1.165, 1.54) is 19.3 Å². The summed E-state index contributed by atoms with van der Waals surface area (Å²) in [7, 11) is 0. The Hall–Kier alpha value is -1.67. The number of rotatable bonds is 4. The SMILES string of the molecule is C[C@@](O)(C1CCCCC1)[C@@H](c1ccccc1)c1ccccn1. The Morgan fingerprint density at radius 2 is 1.68 bits per heavy atom. The second-order valence-corrected chi connectivity index (χ2v) is 6.66. The molecule has 1 N–H and O–H groups in total. The van der Waals surface area contributed by atoms with Crippen molar-refractivity contribution in [2.24, 2.45) is 5.92 Å². The van der Waals surface area contributed by atoms with Gasteiger partial charge in [0.05, 0.1) is 17.2 Å². The number of nitrogens with zero attached hydrogens (tertiary/aromatic N) is 1. The van der Waals surface area contributed by atoms with Crippen LogP contribution >= 0.6 is 0 Å². The number of hydrogen-bond donors (Lipinski definition) is 1. The van der Waals surface area contributed by atoms with Crippen molar-refractivity contribution < 1.29 is 5.11 Å². The summed E-state index contributed by atoms with van der Waals surface area (Å²) in [6.45, 7) is 2.01. The molecule has 0 spiro atoms. The van der Waals surface area contributed by atoms with Gasteiger partial charge in [0, 0.05) is 6.20 Å². The summed E-state index contributed by atoms with van der Waals surface area (Å²) in [5.41, 5.74) is 1.34. The molecule has 0 aliphatic heterocycles. The molecular formula is C20H25NO. The molecule has 2 atom stereocenters. The summed E-state index contributed by atoms with van der Waals surface area (Å²) >= 11 is 0. The van der Waals surface area contributed by atoms with E-state index in [1.54, 1.807) is 0 Å². The zero-order valence-electron chi connectivity index (χ0n) is 13.3. The minimum atomic E-state index is -0.768. The van der Waals surface area contributed by atoms with Crippen LogP contribution in [0.15, 0.2) is 54.7 Å². The van der Waals surface area contributed by atoms with E-state index < -0.39 is 5.60 Å². The Bertz CT molecular complexity index is 534. The van der Waals surface area contributed by atoms with Crippen molar-refractivity contribution in [1.29, 1.82) is 0 Å². The van der Waals surface area contributed by atoms with Crippen molar-refractivity contribution in [3.8, 4) is 0 Å². The molecule has 1 saturated carbocycles. The molecule has 1 heterocycles. The summed E-state index contributed by atoms with van der Waals surface area (Å²) < 4.78 is 0. The second kappa shape index (κ2) is 6.62. The minimum absolute atomic E-state index is 0.0713. The number of benzene rings is 1. The Morgan fingerprint density at radius 3 is 2.32 bits per heavy atom. The molecule has 1 aromatic heterocycles. The molecule has 22 heavy (non-hydrogen) atoms. The van der Waals surface area contributed by atoms with Crippen molar-refractivity contribution in [2.75, 3.05) is 0 Å². The molecule has 0 unspecified atom stereocenters. The molecule has 0 amide bonds. The fourth-order valence-electron chi connectivity index (χ4n) is 3.92. The van der Waals surface area contributed by atoms with Crippen molar-refractivity contribution >= 4 is 0 Å². The lowest BCUT2D eigenvalue weighted by molar-refractivity contribution is -0.0312. The van der Waals surface area contributed by atoms with Crippen LogP contribution in [0.25, 0.3) is 0 Å². The van der Waals surface area contributed by atoms with E-state index >= 15 is 0 Å². The van der Waals surface area contributed by atoms with Crippen LogP contribution in [0.5, 0.6) is 0 Å². The van der Waals surface area contributed by atoms with Gasteiger partial charge in [0.2, 0.25) is 0 Å². The van der Waals surface area contributed by atoms with E-state index in [0.29, 0.717) is 5.92 Å². The highest BCUT2D eigenvalue weighted by molar-refractivity contribution is 5.32. The minimum Gasteiger partial charge on any atom is -0.389 e. The lowest BCUT2D eigenvalue weighted by Gasteiger charge is -2.41. The first-order valence-electron chi connectivity index (χ1n) is 8.38. The highest BCUT2D eigenvalue weighted by atomic mass is 16.3. The van der Waals surface area contributed by atoms with E-state index in [4.69, 9.17) is 0 Å². The van der Waals surface area contributed by atoms with Crippen molar-refractivity contribution in [2.45, 2.75) is 50.5 Å². The predicted molar refractivity (Wildman–Crippen MR) is 89.7 cm³/mol. The van der Waals surface area contributed by atoms with E-state index in [0.717, 1.165) is 24.1 Å². The standard InChI is InChI=1S/C20H25NO/c1-20(22,17-12-6-3-7-13-17)19(16-10-4-2-5-11-16)18-14-8-9-15-21-18/h2,4-5,8-11,14-15,17,19,22H,3,6-7,12-13H2,1H3/t19-,20+/m0/s1. The molecule has 1 aromatic carbocycles. The van der Waals surface area contributed by atoms with Gasteiger partial charge in [-0.3, -0.25) is 4.98 Å². The number of hydrogen-bond acceptors (Lipinski definition) is 2. The normalized spacial score (nSPS) is 20.3. The van der Waals surface area contributed by atoms with Crippen molar-refractivity contribution in [1.82, 2.24) is 4.98 Å². The molecule has 0 saturated heterocycles. The van der Waals surface area contributed by atoms with Crippen molar-refractivity contribution in [3.05, 3.63) is 66.0 Å². The molecule has 116 valence electrons. The van der Waals surface area contributed by atoms with Gasteiger partial charge in [0.25, 0.3) is 0 Å². The van der Waals surface area contributed by atoms with Gasteiger partial charge < -0.3 is 5.11 Å². The van der Waals surface area contributed by atoms with Crippen LogP contribution in [0.2, 0.25) is 0 Å². The Labute approximate surface area is 133 Å². The van der Waals surface area contributed by atoms with Gasteiger partial charge in [0.15, 0.2) is 0 Å². The Kier molecular flexibility index (Phi) is 4.58. The van der Waals surface area contributed by atoms with Gasteiger partial charge in [0.1, 0.15) is 0 Å². The molecule has 0 bridgehead atoms. The van der Waals surface area contributed by atoms with Crippen LogP contribution in [0.4, 0.5) is 0 Å². The van der Waals surface area contributed by atoms with Gasteiger partial charge in [-0.2, -0.15) is 0 Å². The van der Waals surface area contributed by atoms with Crippen LogP contribution in [-0.4, -0.2) is 15.7 Å². The second-order valence-electron chi connectivity index (χ2n) is 6.66. The monoisotopic (exact) mass is 295 g/mol. The average Bonchev–Trinajstić information content (AvgIpc) is 2.58. The number of aliphatic hydroxyl groups is 1. The first kappa shape index (κ1) is 15.2. The van der Waals surface area contributed by atoms with Gasteiger partial charge in [-0.15, -0.1) is 0 Å². The summed E-state index contributed by atoms with van der Waals surface area (Å²) in [6, 6.07) is 16.3. The third-order valence-corrected chi connectivity index (χ3v) is 5.13. The molecular weight excluding hydrogens is 270 g/mol. The lowest BCUT2D eigenvalue weighted by Crippen LogP contribution is -2.42. The summed E-state index contributed by atoms with van der Waals surface area (Å²) in [5.74, 6) is 0.270. The van der Waals surface area contributed by atoms with E-state index in [2.05, 4.69) is 17.1 Å².